The third-order valence-corrected chi connectivity index (χ3v) is 6.69. The fourth-order valence-corrected chi connectivity index (χ4v) is 4.76. The number of hydrogen-bond donors (Lipinski definition) is 1. The summed E-state index contributed by atoms with van der Waals surface area (Å²) in [5.41, 5.74) is 0. The molecular formula is C21H38N4O2. The SMILES string of the molecule is CC(C)N1CCC(NC(=O)N2CCN(C(=O)CCC3CCCCC3)CC2)C1. The van der Waals surface area contributed by atoms with Gasteiger partial charge in [0, 0.05) is 57.8 Å². The second-order valence-electron chi connectivity index (χ2n) is 8.93. The molecule has 0 radical (unpaired) electrons. The number of amides is 3. The summed E-state index contributed by atoms with van der Waals surface area (Å²) in [6, 6.07) is 0.838. The summed E-state index contributed by atoms with van der Waals surface area (Å²) in [5, 5.41) is 3.19. The van der Waals surface area contributed by atoms with Gasteiger partial charge < -0.3 is 15.1 Å². The zero-order chi connectivity index (χ0) is 19.2. The highest BCUT2D eigenvalue weighted by Crippen LogP contribution is 2.27. The standard InChI is InChI=1S/C21H38N4O2/c1-17(2)25-11-10-19(16-25)22-21(27)24-14-12-23(13-15-24)20(26)9-8-18-6-4-3-5-7-18/h17-19H,3-16H2,1-2H3,(H,22,27). The lowest BCUT2D eigenvalue weighted by Crippen LogP contribution is -2.54. The fourth-order valence-electron chi connectivity index (χ4n) is 4.76. The van der Waals surface area contributed by atoms with Gasteiger partial charge >= 0.3 is 6.03 Å². The van der Waals surface area contributed by atoms with Crippen molar-refractivity contribution in [3.63, 3.8) is 0 Å². The number of hydrogen-bond acceptors (Lipinski definition) is 3. The first-order chi connectivity index (χ1) is 13.0. The van der Waals surface area contributed by atoms with Crippen LogP contribution in [-0.4, -0.2) is 78.0 Å². The van der Waals surface area contributed by atoms with Crippen LogP contribution in [0.1, 0.15) is 65.2 Å². The summed E-state index contributed by atoms with van der Waals surface area (Å²) in [5.74, 6) is 1.04. The van der Waals surface area contributed by atoms with E-state index in [0.29, 0.717) is 38.6 Å². The topological polar surface area (TPSA) is 55.9 Å². The van der Waals surface area contributed by atoms with Gasteiger partial charge in [-0.25, -0.2) is 4.79 Å². The van der Waals surface area contributed by atoms with Gasteiger partial charge in [-0.2, -0.15) is 0 Å². The number of carbonyl (C=O) groups is 2. The molecule has 3 aliphatic rings. The van der Waals surface area contributed by atoms with Crippen molar-refractivity contribution in [2.45, 2.75) is 77.3 Å². The minimum atomic E-state index is 0.0416. The van der Waals surface area contributed by atoms with Crippen LogP contribution in [0.3, 0.4) is 0 Å². The van der Waals surface area contributed by atoms with Crippen molar-refractivity contribution in [3.05, 3.63) is 0 Å². The smallest absolute Gasteiger partial charge is 0.317 e. The van der Waals surface area contributed by atoms with Gasteiger partial charge in [0.05, 0.1) is 0 Å². The molecule has 27 heavy (non-hydrogen) atoms. The fraction of sp³-hybridized carbons (Fsp3) is 0.905. The first-order valence-electron chi connectivity index (χ1n) is 11.1. The van der Waals surface area contributed by atoms with E-state index in [1.54, 1.807) is 0 Å². The number of likely N-dealkylation sites (tertiary alicyclic amines) is 1. The molecule has 0 aromatic rings. The summed E-state index contributed by atoms with van der Waals surface area (Å²) in [6.45, 7) is 9.08. The molecule has 1 N–H and O–H groups in total. The number of nitrogens with one attached hydrogen (secondary N) is 1. The van der Waals surface area contributed by atoms with Crippen LogP contribution in [0.2, 0.25) is 0 Å². The molecule has 0 spiro atoms. The van der Waals surface area contributed by atoms with Gasteiger partial charge in [-0.15, -0.1) is 0 Å². The van der Waals surface area contributed by atoms with Crippen LogP contribution < -0.4 is 5.32 Å². The largest absolute Gasteiger partial charge is 0.339 e. The Balaban J connectivity index is 1.34. The van der Waals surface area contributed by atoms with Crippen LogP contribution in [0.25, 0.3) is 0 Å². The highest BCUT2D eigenvalue weighted by Gasteiger charge is 2.29. The summed E-state index contributed by atoms with van der Waals surface area (Å²) in [4.78, 5) is 31.3. The van der Waals surface area contributed by atoms with E-state index in [4.69, 9.17) is 0 Å². The van der Waals surface area contributed by atoms with E-state index in [1.807, 2.05) is 9.80 Å². The highest BCUT2D eigenvalue weighted by molar-refractivity contribution is 5.77. The summed E-state index contributed by atoms with van der Waals surface area (Å²) >= 11 is 0. The molecule has 2 saturated heterocycles. The van der Waals surface area contributed by atoms with E-state index >= 15 is 0 Å². The summed E-state index contributed by atoms with van der Waals surface area (Å²) in [7, 11) is 0. The molecule has 0 bridgehead atoms. The Morgan fingerprint density at radius 3 is 2.22 bits per heavy atom. The monoisotopic (exact) mass is 378 g/mol. The van der Waals surface area contributed by atoms with E-state index in [-0.39, 0.29) is 18.0 Å². The average Bonchev–Trinajstić information content (AvgIpc) is 3.16. The molecule has 1 atom stereocenters. The van der Waals surface area contributed by atoms with E-state index < -0.39 is 0 Å². The molecule has 1 saturated carbocycles. The van der Waals surface area contributed by atoms with Gasteiger partial charge in [0.15, 0.2) is 0 Å². The third-order valence-electron chi connectivity index (χ3n) is 6.69. The molecular weight excluding hydrogens is 340 g/mol. The lowest BCUT2D eigenvalue weighted by molar-refractivity contribution is -0.133. The maximum Gasteiger partial charge on any atom is 0.317 e. The van der Waals surface area contributed by atoms with Crippen molar-refractivity contribution in [1.29, 1.82) is 0 Å². The van der Waals surface area contributed by atoms with Gasteiger partial charge in [-0.3, -0.25) is 9.69 Å². The van der Waals surface area contributed by atoms with Gasteiger partial charge in [0.1, 0.15) is 0 Å². The maximum atomic E-state index is 12.5. The highest BCUT2D eigenvalue weighted by atomic mass is 16.2. The Morgan fingerprint density at radius 1 is 0.926 bits per heavy atom. The normalized spacial score (nSPS) is 25.2. The predicted molar refractivity (Wildman–Crippen MR) is 108 cm³/mol. The lowest BCUT2D eigenvalue weighted by atomic mass is 9.86. The van der Waals surface area contributed by atoms with E-state index in [1.165, 1.54) is 32.1 Å². The Bertz CT molecular complexity index is 496. The van der Waals surface area contributed by atoms with Crippen molar-refractivity contribution < 1.29 is 9.59 Å². The Morgan fingerprint density at radius 2 is 1.59 bits per heavy atom. The molecule has 6 nitrogen and oxygen atoms in total. The number of rotatable bonds is 5. The molecule has 1 unspecified atom stereocenters. The first-order valence-corrected chi connectivity index (χ1v) is 11.1. The van der Waals surface area contributed by atoms with Crippen LogP contribution in [0, 0.1) is 5.92 Å². The second-order valence-corrected chi connectivity index (χ2v) is 8.93. The average molecular weight is 379 g/mol. The van der Waals surface area contributed by atoms with E-state index in [0.717, 1.165) is 31.8 Å². The molecule has 2 heterocycles. The number of urea groups is 1. The number of nitrogens with zero attached hydrogens (tertiary/aromatic N) is 3. The van der Waals surface area contributed by atoms with Crippen LogP contribution >= 0.6 is 0 Å². The molecule has 154 valence electrons. The van der Waals surface area contributed by atoms with Crippen molar-refractivity contribution in [3.8, 4) is 0 Å². The zero-order valence-electron chi connectivity index (χ0n) is 17.3. The second kappa shape index (κ2) is 9.76. The number of piperazine rings is 1. The molecule has 3 fully saturated rings. The van der Waals surface area contributed by atoms with E-state index in [2.05, 4.69) is 24.1 Å². The Kier molecular flexibility index (Phi) is 7.39. The summed E-state index contributed by atoms with van der Waals surface area (Å²) < 4.78 is 0. The van der Waals surface area contributed by atoms with Crippen LogP contribution in [-0.2, 0) is 4.79 Å². The first kappa shape index (κ1) is 20.4. The van der Waals surface area contributed by atoms with Gasteiger partial charge in [0.2, 0.25) is 5.91 Å². The molecule has 3 amide bonds. The maximum absolute atomic E-state index is 12.5. The van der Waals surface area contributed by atoms with Crippen LogP contribution in [0.15, 0.2) is 0 Å². The third kappa shape index (κ3) is 5.84. The number of carbonyl (C=O) groups excluding carboxylic acids is 2. The van der Waals surface area contributed by atoms with Crippen LogP contribution in [0.4, 0.5) is 4.79 Å². The van der Waals surface area contributed by atoms with Gasteiger partial charge in [-0.1, -0.05) is 32.1 Å². The minimum absolute atomic E-state index is 0.0416. The van der Waals surface area contributed by atoms with Crippen molar-refractivity contribution in [2.24, 2.45) is 5.92 Å². The molecule has 1 aliphatic carbocycles. The van der Waals surface area contributed by atoms with Gasteiger partial charge in [0.25, 0.3) is 0 Å². The van der Waals surface area contributed by atoms with Crippen molar-refractivity contribution >= 4 is 11.9 Å². The van der Waals surface area contributed by atoms with Crippen molar-refractivity contribution in [2.75, 3.05) is 39.3 Å². The molecule has 2 aliphatic heterocycles. The van der Waals surface area contributed by atoms with Gasteiger partial charge in [-0.05, 0) is 32.6 Å². The predicted octanol–water partition coefficient (Wildman–Crippen LogP) is 2.68. The molecule has 3 rings (SSSR count). The van der Waals surface area contributed by atoms with Crippen LogP contribution in [0.5, 0.6) is 0 Å². The zero-order valence-corrected chi connectivity index (χ0v) is 17.3. The van der Waals surface area contributed by atoms with Crippen molar-refractivity contribution in [1.82, 2.24) is 20.0 Å². The Hall–Kier alpha value is -1.30. The van der Waals surface area contributed by atoms with E-state index in [9.17, 15) is 9.59 Å². The molecule has 0 aromatic carbocycles. The summed E-state index contributed by atoms with van der Waals surface area (Å²) in [6.07, 6.45) is 9.41. The Labute approximate surface area is 164 Å². The lowest BCUT2D eigenvalue weighted by Gasteiger charge is -2.35. The quantitative estimate of drug-likeness (QED) is 0.800. The molecule has 6 heteroatoms. The minimum Gasteiger partial charge on any atom is -0.339 e. The molecule has 0 aromatic heterocycles.